The van der Waals surface area contributed by atoms with E-state index in [1.165, 1.54) is 24.3 Å². The lowest BCUT2D eigenvalue weighted by Gasteiger charge is -2.26. The molecule has 0 aromatic heterocycles. The highest BCUT2D eigenvalue weighted by atomic mass is 32.2. The highest BCUT2D eigenvalue weighted by Gasteiger charge is 2.45. The first-order valence-corrected chi connectivity index (χ1v) is 8.19. The Morgan fingerprint density at radius 1 is 1.26 bits per heavy atom. The number of hydrogen-bond donors (Lipinski definition) is 1. The Bertz CT molecular complexity index is 721. The fourth-order valence-corrected chi connectivity index (χ4v) is 3.19. The van der Waals surface area contributed by atoms with Gasteiger partial charge in [-0.1, -0.05) is 12.1 Å². The Labute approximate surface area is 134 Å². The van der Waals surface area contributed by atoms with Gasteiger partial charge in [-0.3, -0.25) is 8.98 Å². The number of nitrogens with two attached hydrogens (primary N) is 1. The summed E-state index contributed by atoms with van der Waals surface area (Å²) >= 11 is 0. The maximum Gasteiger partial charge on any atom is 0.426 e. The number of primary amides is 1. The summed E-state index contributed by atoms with van der Waals surface area (Å²) in [6.07, 6.45) is -1.01. The van der Waals surface area contributed by atoms with Crippen LogP contribution in [0.25, 0.3) is 0 Å². The quantitative estimate of drug-likeness (QED) is 0.867. The Balaban J connectivity index is 2.33. The molecule has 0 unspecified atom stereocenters. The monoisotopic (exact) mass is 342 g/mol. The lowest BCUT2D eigenvalue weighted by atomic mass is 10.1. The number of carbonyl (C=O) groups excluding carboxylic acids is 2. The van der Waals surface area contributed by atoms with Gasteiger partial charge in [-0.2, -0.15) is 12.7 Å². The fourth-order valence-electron chi connectivity index (χ4n) is 2.06. The van der Waals surface area contributed by atoms with Crippen LogP contribution in [0.5, 0.6) is 0 Å². The van der Waals surface area contributed by atoms with E-state index in [2.05, 4.69) is 0 Å². The first-order chi connectivity index (χ1) is 10.5. The molecule has 9 heteroatoms. The molecule has 0 radical (unpaired) electrons. The van der Waals surface area contributed by atoms with E-state index in [1.807, 2.05) is 0 Å². The molecule has 8 nitrogen and oxygen atoms in total. The summed E-state index contributed by atoms with van der Waals surface area (Å²) < 4.78 is 34.4. The summed E-state index contributed by atoms with van der Waals surface area (Å²) in [4.78, 5) is 23.3. The third-order valence-corrected chi connectivity index (χ3v) is 4.37. The van der Waals surface area contributed by atoms with Gasteiger partial charge in [-0.15, -0.1) is 0 Å². The van der Waals surface area contributed by atoms with Crippen molar-refractivity contribution < 1.29 is 26.9 Å². The van der Waals surface area contributed by atoms with Gasteiger partial charge in [0.25, 0.3) is 0 Å². The molecule has 1 heterocycles. The van der Waals surface area contributed by atoms with Crippen molar-refractivity contribution in [2.75, 3.05) is 6.61 Å². The van der Waals surface area contributed by atoms with Gasteiger partial charge in [0.05, 0.1) is 6.61 Å². The average molecular weight is 342 g/mol. The van der Waals surface area contributed by atoms with Gasteiger partial charge in [-0.25, -0.2) is 4.79 Å². The molecule has 126 valence electrons. The Hall–Kier alpha value is -2.13. The van der Waals surface area contributed by atoms with E-state index in [4.69, 9.17) is 14.7 Å². The van der Waals surface area contributed by atoms with Gasteiger partial charge in [0.2, 0.25) is 5.91 Å². The third-order valence-electron chi connectivity index (χ3n) is 3.05. The molecule has 1 aromatic carbocycles. The Morgan fingerprint density at radius 3 is 2.30 bits per heavy atom. The second kappa shape index (κ2) is 5.82. The van der Waals surface area contributed by atoms with Crippen molar-refractivity contribution in [2.24, 2.45) is 5.73 Å². The molecule has 1 atom stereocenters. The topological polar surface area (TPSA) is 116 Å². The molecular formula is C14H18N2O6S. The molecule has 1 aliphatic rings. The summed E-state index contributed by atoms with van der Waals surface area (Å²) in [5.41, 5.74) is 5.07. The summed E-state index contributed by atoms with van der Waals surface area (Å²) in [5, 5.41) is 0. The minimum Gasteiger partial charge on any atom is -0.443 e. The van der Waals surface area contributed by atoms with Crippen LogP contribution in [0.15, 0.2) is 24.3 Å². The van der Waals surface area contributed by atoms with Crippen molar-refractivity contribution in [3.05, 3.63) is 35.4 Å². The van der Waals surface area contributed by atoms with E-state index in [9.17, 15) is 18.0 Å². The first kappa shape index (κ1) is 17.2. The minimum absolute atomic E-state index is 0.225. The van der Waals surface area contributed by atoms with E-state index in [-0.39, 0.29) is 12.2 Å². The molecule has 1 aromatic rings. The predicted molar refractivity (Wildman–Crippen MR) is 80.6 cm³/mol. The minimum atomic E-state index is -4.22. The zero-order valence-corrected chi connectivity index (χ0v) is 13.8. The SMILES string of the molecule is CC(C)(C)OC(=O)N1[C@@H](c2ccc(C(N)=O)cc2)COS1(=O)=O. The predicted octanol–water partition coefficient (Wildman–Crippen LogP) is 1.34. The van der Waals surface area contributed by atoms with Crippen molar-refractivity contribution in [3.63, 3.8) is 0 Å². The van der Waals surface area contributed by atoms with E-state index >= 15 is 0 Å². The van der Waals surface area contributed by atoms with Crippen LogP contribution < -0.4 is 5.73 Å². The average Bonchev–Trinajstić information content (AvgIpc) is 2.72. The smallest absolute Gasteiger partial charge is 0.426 e. The zero-order chi connectivity index (χ0) is 17.4. The van der Waals surface area contributed by atoms with Crippen LogP contribution in [0.1, 0.15) is 42.7 Å². The van der Waals surface area contributed by atoms with Crippen molar-refractivity contribution in [1.82, 2.24) is 4.31 Å². The second-order valence-electron chi connectivity index (χ2n) is 6.02. The van der Waals surface area contributed by atoms with Crippen molar-refractivity contribution in [3.8, 4) is 0 Å². The summed E-state index contributed by atoms with van der Waals surface area (Å²) in [7, 11) is -4.22. The summed E-state index contributed by atoms with van der Waals surface area (Å²) in [6, 6.07) is 5.08. The molecular weight excluding hydrogens is 324 g/mol. The first-order valence-electron chi connectivity index (χ1n) is 6.83. The molecule has 23 heavy (non-hydrogen) atoms. The maximum absolute atomic E-state index is 12.2. The molecule has 1 saturated heterocycles. The van der Waals surface area contributed by atoms with Crippen molar-refractivity contribution in [2.45, 2.75) is 32.4 Å². The number of hydrogen-bond acceptors (Lipinski definition) is 6. The van der Waals surface area contributed by atoms with Crippen LogP contribution in [0.2, 0.25) is 0 Å². The van der Waals surface area contributed by atoms with E-state index in [0.29, 0.717) is 9.87 Å². The van der Waals surface area contributed by atoms with Crippen LogP contribution in [-0.2, 0) is 19.2 Å². The molecule has 0 spiro atoms. The van der Waals surface area contributed by atoms with Crippen LogP contribution in [-0.4, -0.2) is 36.9 Å². The van der Waals surface area contributed by atoms with Gasteiger partial charge < -0.3 is 10.5 Å². The molecule has 2 N–H and O–H groups in total. The van der Waals surface area contributed by atoms with Crippen LogP contribution >= 0.6 is 0 Å². The molecule has 0 saturated carbocycles. The van der Waals surface area contributed by atoms with E-state index in [0.717, 1.165) is 0 Å². The Morgan fingerprint density at radius 2 is 1.83 bits per heavy atom. The molecule has 2 rings (SSSR count). The van der Waals surface area contributed by atoms with Crippen molar-refractivity contribution >= 4 is 22.3 Å². The molecule has 0 aliphatic carbocycles. The lowest BCUT2D eigenvalue weighted by molar-refractivity contribution is 0.0356. The molecule has 2 amide bonds. The van der Waals surface area contributed by atoms with Gasteiger partial charge in [0.15, 0.2) is 0 Å². The second-order valence-corrected chi connectivity index (χ2v) is 7.51. The number of nitrogens with zero attached hydrogens (tertiary/aromatic N) is 1. The Kier molecular flexibility index (Phi) is 4.36. The van der Waals surface area contributed by atoms with Gasteiger partial charge in [0.1, 0.15) is 11.6 Å². The zero-order valence-electron chi connectivity index (χ0n) is 13.0. The van der Waals surface area contributed by atoms with Crippen molar-refractivity contribution in [1.29, 1.82) is 0 Å². The largest absolute Gasteiger partial charge is 0.443 e. The van der Waals surface area contributed by atoms with Gasteiger partial charge >= 0.3 is 16.4 Å². The van der Waals surface area contributed by atoms with Gasteiger partial charge in [0, 0.05) is 5.56 Å². The molecule has 1 aliphatic heterocycles. The fraction of sp³-hybridized carbons (Fsp3) is 0.429. The van der Waals surface area contributed by atoms with E-state index in [1.54, 1.807) is 20.8 Å². The lowest BCUT2D eigenvalue weighted by Crippen LogP contribution is -2.39. The van der Waals surface area contributed by atoms with Crippen LogP contribution in [0.3, 0.4) is 0 Å². The normalized spacial score (nSPS) is 20.3. The van der Waals surface area contributed by atoms with E-state index < -0.39 is 33.9 Å². The standard InChI is InChI=1S/C14H18N2O6S/c1-14(2,3)22-13(18)16-11(8-21-23(16,19)20)9-4-6-10(7-5-9)12(15)17/h4-7,11H,8H2,1-3H3,(H2,15,17)/t11-/m1/s1. The van der Waals surface area contributed by atoms with Crippen LogP contribution in [0.4, 0.5) is 4.79 Å². The number of ether oxygens (including phenoxy) is 1. The number of benzene rings is 1. The summed E-state index contributed by atoms with van der Waals surface area (Å²) in [6.45, 7) is 4.67. The highest BCUT2D eigenvalue weighted by Crippen LogP contribution is 2.33. The number of rotatable bonds is 2. The number of amides is 2. The third kappa shape index (κ3) is 3.80. The maximum atomic E-state index is 12.2. The van der Waals surface area contributed by atoms with Gasteiger partial charge in [-0.05, 0) is 38.5 Å². The molecule has 0 bridgehead atoms. The molecule has 1 fully saturated rings. The highest BCUT2D eigenvalue weighted by molar-refractivity contribution is 7.85. The van der Waals surface area contributed by atoms with Crippen LogP contribution in [0, 0.1) is 0 Å². The number of carbonyl (C=O) groups is 2. The summed E-state index contributed by atoms with van der Waals surface area (Å²) in [5.74, 6) is -0.601.